The average Bonchev–Trinajstić information content (AvgIpc) is 2.48. The van der Waals surface area contributed by atoms with Crippen LogP contribution in [0.1, 0.15) is 30.3 Å². The molecule has 0 radical (unpaired) electrons. The highest BCUT2D eigenvalue weighted by molar-refractivity contribution is 6.29. The minimum absolute atomic E-state index is 0.233. The Morgan fingerprint density at radius 1 is 1.45 bits per heavy atom. The number of rotatable bonds is 3. The largest absolute Gasteiger partial charge is 0.466 e. The van der Waals surface area contributed by atoms with Crippen molar-refractivity contribution in [2.75, 3.05) is 19.7 Å². The average molecular weight is 298 g/mol. The number of esters is 1. The number of piperidine rings is 1. The Hall–Kier alpha value is -1.69. The summed E-state index contributed by atoms with van der Waals surface area (Å²) in [6, 6.07) is 0. The molecule has 2 rings (SSSR count). The maximum Gasteiger partial charge on any atom is 0.310 e. The number of hydrogen-bond donors (Lipinski definition) is 0. The summed E-state index contributed by atoms with van der Waals surface area (Å²) >= 11 is 5.64. The van der Waals surface area contributed by atoms with Gasteiger partial charge in [-0.15, -0.1) is 0 Å². The molecule has 1 aliphatic heterocycles. The molecule has 108 valence electrons. The van der Waals surface area contributed by atoms with Crippen molar-refractivity contribution in [1.82, 2.24) is 14.9 Å². The van der Waals surface area contributed by atoms with Gasteiger partial charge in [0.1, 0.15) is 10.8 Å². The van der Waals surface area contributed by atoms with E-state index in [9.17, 15) is 9.59 Å². The predicted octanol–water partition coefficient (Wildman–Crippen LogP) is 1.55. The van der Waals surface area contributed by atoms with E-state index in [1.807, 2.05) is 0 Å². The third kappa shape index (κ3) is 3.45. The lowest BCUT2D eigenvalue weighted by Crippen LogP contribution is -2.43. The van der Waals surface area contributed by atoms with Crippen LogP contribution in [0.3, 0.4) is 0 Å². The smallest absolute Gasteiger partial charge is 0.310 e. The second-order valence-corrected chi connectivity index (χ2v) is 4.95. The number of carbonyl (C=O) groups excluding carboxylic acids is 2. The molecule has 1 aromatic heterocycles. The molecule has 1 aromatic rings. The fraction of sp³-hybridized carbons (Fsp3) is 0.538. The molecule has 1 amide bonds. The molecule has 20 heavy (non-hydrogen) atoms. The van der Waals surface area contributed by atoms with Gasteiger partial charge < -0.3 is 9.64 Å². The molecule has 7 heteroatoms. The minimum atomic E-state index is -0.257. The summed E-state index contributed by atoms with van der Waals surface area (Å²) in [4.78, 5) is 33.4. The third-order valence-corrected chi connectivity index (χ3v) is 3.36. The van der Waals surface area contributed by atoms with Crippen molar-refractivity contribution in [3.8, 4) is 0 Å². The van der Waals surface area contributed by atoms with Crippen LogP contribution in [-0.4, -0.2) is 46.4 Å². The van der Waals surface area contributed by atoms with E-state index in [0.717, 1.165) is 12.8 Å². The molecular formula is C13H16ClN3O3. The molecule has 1 atom stereocenters. The molecule has 0 saturated carbocycles. The highest BCUT2D eigenvalue weighted by Gasteiger charge is 2.30. The number of hydrogen-bond acceptors (Lipinski definition) is 5. The first-order chi connectivity index (χ1) is 9.61. The zero-order chi connectivity index (χ0) is 14.5. The van der Waals surface area contributed by atoms with Gasteiger partial charge in [0.2, 0.25) is 0 Å². The van der Waals surface area contributed by atoms with Crippen molar-refractivity contribution in [2.45, 2.75) is 19.8 Å². The Morgan fingerprint density at radius 2 is 2.25 bits per heavy atom. The van der Waals surface area contributed by atoms with Crippen LogP contribution in [0.15, 0.2) is 12.4 Å². The van der Waals surface area contributed by atoms with Crippen LogP contribution >= 0.6 is 11.6 Å². The summed E-state index contributed by atoms with van der Waals surface area (Å²) in [5, 5.41) is 0.240. The molecule has 0 aromatic carbocycles. The summed E-state index contributed by atoms with van der Waals surface area (Å²) in [6.45, 7) is 3.10. The van der Waals surface area contributed by atoms with E-state index in [1.54, 1.807) is 11.8 Å². The summed E-state index contributed by atoms with van der Waals surface area (Å²) in [5.74, 6) is -0.733. The van der Waals surface area contributed by atoms with Crippen LogP contribution in [0.4, 0.5) is 0 Å². The molecule has 6 nitrogen and oxygen atoms in total. The first-order valence-corrected chi connectivity index (χ1v) is 6.93. The van der Waals surface area contributed by atoms with E-state index < -0.39 is 0 Å². The van der Waals surface area contributed by atoms with Gasteiger partial charge in [-0.1, -0.05) is 11.6 Å². The van der Waals surface area contributed by atoms with Crippen molar-refractivity contribution in [1.29, 1.82) is 0 Å². The minimum Gasteiger partial charge on any atom is -0.466 e. The number of nitrogens with zero attached hydrogens (tertiary/aromatic N) is 3. The van der Waals surface area contributed by atoms with Crippen LogP contribution in [-0.2, 0) is 9.53 Å². The van der Waals surface area contributed by atoms with Crippen LogP contribution in [0.5, 0.6) is 0 Å². The number of carbonyl (C=O) groups is 2. The number of ether oxygens (including phenoxy) is 1. The fourth-order valence-electron chi connectivity index (χ4n) is 2.20. The third-order valence-electron chi connectivity index (χ3n) is 3.17. The van der Waals surface area contributed by atoms with E-state index in [4.69, 9.17) is 16.3 Å². The van der Waals surface area contributed by atoms with Crippen molar-refractivity contribution in [2.24, 2.45) is 5.92 Å². The lowest BCUT2D eigenvalue weighted by atomic mass is 9.98. The SMILES string of the molecule is CCOC(=O)[C@@H]1CCCN(C(=O)c2cnc(Cl)cn2)C1. The normalized spacial score (nSPS) is 18.7. The summed E-state index contributed by atoms with van der Waals surface area (Å²) in [6.07, 6.45) is 4.20. The van der Waals surface area contributed by atoms with Crippen molar-refractivity contribution >= 4 is 23.5 Å². The Balaban J connectivity index is 2.03. The first kappa shape index (κ1) is 14.7. The quantitative estimate of drug-likeness (QED) is 0.791. The van der Waals surface area contributed by atoms with E-state index in [0.29, 0.717) is 19.7 Å². The molecule has 0 aliphatic carbocycles. The highest BCUT2D eigenvalue weighted by Crippen LogP contribution is 2.19. The van der Waals surface area contributed by atoms with Gasteiger partial charge >= 0.3 is 5.97 Å². The van der Waals surface area contributed by atoms with Crippen LogP contribution < -0.4 is 0 Å². The standard InChI is InChI=1S/C13H16ClN3O3/c1-2-20-13(19)9-4-3-5-17(8-9)12(18)10-6-16-11(14)7-15-10/h6-7,9H,2-5,8H2,1H3/t9-/m1/s1. The molecule has 1 saturated heterocycles. The first-order valence-electron chi connectivity index (χ1n) is 6.55. The highest BCUT2D eigenvalue weighted by atomic mass is 35.5. The molecule has 2 heterocycles. The maximum atomic E-state index is 12.3. The Morgan fingerprint density at radius 3 is 2.90 bits per heavy atom. The Labute approximate surface area is 122 Å². The zero-order valence-corrected chi connectivity index (χ0v) is 12.0. The second kappa shape index (κ2) is 6.65. The van der Waals surface area contributed by atoms with Gasteiger partial charge in [0.05, 0.1) is 24.9 Å². The Kier molecular flexibility index (Phi) is 4.89. The molecule has 0 N–H and O–H groups in total. The topological polar surface area (TPSA) is 72.4 Å². The van der Waals surface area contributed by atoms with E-state index in [1.165, 1.54) is 12.4 Å². The van der Waals surface area contributed by atoms with Gasteiger partial charge in [0, 0.05) is 13.1 Å². The Bertz CT molecular complexity index is 492. The lowest BCUT2D eigenvalue weighted by molar-refractivity contribution is -0.149. The van der Waals surface area contributed by atoms with Crippen LogP contribution in [0.2, 0.25) is 5.15 Å². The van der Waals surface area contributed by atoms with Gasteiger partial charge in [-0.25, -0.2) is 9.97 Å². The van der Waals surface area contributed by atoms with Crippen molar-refractivity contribution in [3.05, 3.63) is 23.2 Å². The maximum absolute atomic E-state index is 12.3. The summed E-state index contributed by atoms with van der Waals surface area (Å²) in [7, 11) is 0. The second-order valence-electron chi connectivity index (χ2n) is 4.57. The van der Waals surface area contributed by atoms with E-state index in [2.05, 4.69) is 9.97 Å². The molecular weight excluding hydrogens is 282 g/mol. The number of amides is 1. The van der Waals surface area contributed by atoms with E-state index >= 15 is 0 Å². The van der Waals surface area contributed by atoms with Gasteiger partial charge in [-0.3, -0.25) is 9.59 Å². The predicted molar refractivity (Wildman–Crippen MR) is 72.3 cm³/mol. The summed E-state index contributed by atoms with van der Waals surface area (Å²) < 4.78 is 5.01. The van der Waals surface area contributed by atoms with Gasteiger partial charge in [-0.2, -0.15) is 0 Å². The van der Waals surface area contributed by atoms with Crippen LogP contribution in [0.25, 0.3) is 0 Å². The van der Waals surface area contributed by atoms with Gasteiger partial charge in [0.25, 0.3) is 5.91 Å². The van der Waals surface area contributed by atoms with Crippen molar-refractivity contribution < 1.29 is 14.3 Å². The van der Waals surface area contributed by atoms with E-state index in [-0.39, 0.29) is 28.6 Å². The van der Waals surface area contributed by atoms with Gasteiger partial charge in [-0.05, 0) is 19.8 Å². The van der Waals surface area contributed by atoms with Crippen molar-refractivity contribution in [3.63, 3.8) is 0 Å². The molecule has 1 fully saturated rings. The zero-order valence-electron chi connectivity index (χ0n) is 11.2. The van der Waals surface area contributed by atoms with Gasteiger partial charge in [0.15, 0.2) is 0 Å². The molecule has 0 bridgehead atoms. The number of aromatic nitrogens is 2. The molecule has 0 spiro atoms. The van der Waals surface area contributed by atoms with Crippen LogP contribution in [0, 0.1) is 5.92 Å². The number of likely N-dealkylation sites (tertiary alicyclic amines) is 1. The molecule has 1 aliphatic rings. The fourth-order valence-corrected chi connectivity index (χ4v) is 2.30. The lowest BCUT2D eigenvalue weighted by Gasteiger charge is -2.31. The monoisotopic (exact) mass is 297 g/mol. The number of halogens is 1. The summed E-state index contributed by atoms with van der Waals surface area (Å²) in [5.41, 5.74) is 0.235. The molecule has 0 unspecified atom stereocenters.